The van der Waals surface area contributed by atoms with Crippen molar-refractivity contribution in [2.75, 3.05) is 46.9 Å². The fraction of sp³-hybridized carbons (Fsp3) is 1.00. The fourth-order valence-corrected chi connectivity index (χ4v) is 3.06. The van der Waals surface area contributed by atoms with E-state index in [-0.39, 0.29) is 0 Å². The largest absolute Gasteiger partial charge is 0.383 e. The molecule has 0 aromatic carbocycles. The van der Waals surface area contributed by atoms with Crippen molar-refractivity contribution in [1.29, 1.82) is 0 Å². The number of nitrogens with one attached hydrogen (secondary N) is 2. The van der Waals surface area contributed by atoms with Gasteiger partial charge in [0.15, 0.2) is 0 Å². The predicted octanol–water partition coefficient (Wildman–Crippen LogP) is -0.601. The lowest BCUT2D eigenvalue weighted by molar-refractivity contribution is 0.193. The first kappa shape index (κ1) is 14.8. The van der Waals surface area contributed by atoms with Gasteiger partial charge in [0.2, 0.25) is 0 Å². The van der Waals surface area contributed by atoms with Crippen LogP contribution in [-0.4, -0.2) is 59.7 Å². The van der Waals surface area contributed by atoms with E-state index in [0.717, 1.165) is 25.9 Å². The summed E-state index contributed by atoms with van der Waals surface area (Å²) < 4.78 is 32.1. The molecule has 1 atom stereocenters. The molecule has 0 bridgehead atoms. The molecule has 1 aliphatic rings. The van der Waals surface area contributed by atoms with E-state index in [0.29, 0.717) is 25.6 Å². The summed E-state index contributed by atoms with van der Waals surface area (Å²) in [6, 6.07) is 0. The van der Waals surface area contributed by atoms with Crippen LogP contribution in [0.25, 0.3) is 0 Å². The molecule has 17 heavy (non-hydrogen) atoms. The van der Waals surface area contributed by atoms with E-state index in [2.05, 4.69) is 10.0 Å². The quantitative estimate of drug-likeness (QED) is 0.603. The van der Waals surface area contributed by atoms with Crippen molar-refractivity contribution < 1.29 is 13.2 Å². The Kier molecular flexibility index (Phi) is 6.35. The SMILES string of the molecule is CNS(=O)(=O)N1CCCC(CNCCOC)C1. The third-order valence-corrected chi connectivity index (χ3v) is 4.52. The Labute approximate surface area is 104 Å². The molecule has 0 saturated carbocycles. The molecule has 2 N–H and O–H groups in total. The van der Waals surface area contributed by atoms with Crippen molar-refractivity contribution in [2.45, 2.75) is 12.8 Å². The summed E-state index contributed by atoms with van der Waals surface area (Å²) in [5, 5.41) is 3.28. The van der Waals surface area contributed by atoms with Gasteiger partial charge in [-0.25, -0.2) is 4.72 Å². The summed E-state index contributed by atoms with van der Waals surface area (Å²) >= 11 is 0. The summed E-state index contributed by atoms with van der Waals surface area (Å²) in [6.45, 7) is 3.57. The van der Waals surface area contributed by atoms with Crippen LogP contribution >= 0.6 is 0 Å². The molecule has 1 rings (SSSR count). The summed E-state index contributed by atoms with van der Waals surface area (Å²) in [6.07, 6.45) is 2.01. The number of nitrogens with zero attached hydrogens (tertiary/aromatic N) is 1. The first-order valence-electron chi connectivity index (χ1n) is 5.98. The molecular weight excluding hydrogens is 242 g/mol. The lowest BCUT2D eigenvalue weighted by atomic mass is 10.00. The zero-order valence-corrected chi connectivity index (χ0v) is 11.4. The summed E-state index contributed by atoms with van der Waals surface area (Å²) in [4.78, 5) is 0. The molecule has 0 aromatic heterocycles. The van der Waals surface area contributed by atoms with Crippen molar-refractivity contribution in [2.24, 2.45) is 5.92 Å². The van der Waals surface area contributed by atoms with Gasteiger partial charge in [0.25, 0.3) is 10.2 Å². The van der Waals surface area contributed by atoms with Crippen LogP contribution in [0.1, 0.15) is 12.8 Å². The molecule has 1 saturated heterocycles. The highest BCUT2D eigenvalue weighted by Gasteiger charge is 2.27. The van der Waals surface area contributed by atoms with Crippen LogP contribution in [0, 0.1) is 5.92 Å². The van der Waals surface area contributed by atoms with Crippen LogP contribution in [-0.2, 0) is 14.9 Å². The second-order valence-corrected chi connectivity index (χ2v) is 6.15. The van der Waals surface area contributed by atoms with Gasteiger partial charge in [-0.1, -0.05) is 0 Å². The average Bonchev–Trinajstić information content (AvgIpc) is 2.35. The Bertz CT molecular complexity index is 308. The summed E-state index contributed by atoms with van der Waals surface area (Å²) in [5.74, 6) is 0.392. The first-order valence-corrected chi connectivity index (χ1v) is 7.42. The van der Waals surface area contributed by atoms with Crippen LogP contribution < -0.4 is 10.0 Å². The molecule has 7 heteroatoms. The second-order valence-electron chi connectivity index (χ2n) is 4.27. The molecule has 0 radical (unpaired) electrons. The molecule has 0 amide bonds. The van der Waals surface area contributed by atoms with Crippen molar-refractivity contribution in [3.63, 3.8) is 0 Å². The number of ether oxygens (including phenoxy) is 1. The Morgan fingerprint density at radius 2 is 2.24 bits per heavy atom. The van der Waals surface area contributed by atoms with Gasteiger partial charge in [0, 0.05) is 33.8 Å². The van der Waals surface area contributed by atoms with E-state index < -0.39 is 10.2 Å². The molecule has 1 unspecified atom stereocenters. The van der Waals surface area contributed by atoms with E-state index in [1.54, 1.807) is 7.11 Å². The third kappa shape index (κ3) is 4.89. The van der Waals surface area contributed by atoms with E-state index in [9.17, 15) is 8.42 Å². The monoisotopic (exact) mass is 265 g/mol. The van der Waals surface area contributed by atoms with Crippen molar-refractivity contribution in [3.05, 3.63) is 0 Å². The number of methoxy groups -OCH3 is 1. The van der Waals surface area contributed by atoms with Gasteiger partial charge < -0.3 is 10.1 Å². The zero-order valence-electron chi connectivity index (χ0n) is 10.6. The van der Waals surface area contributed by atoms with Crippen LogP contribution in [0.5, 0.6) is 0 Å². The van der Waals surface area contributed by atoms with Crippen molar-refractivity contribution in [1.82, 2.24) is 14.3 Å². The molecule has 1 fully saturated rings. The minimum Gasteiger partial charge on any atom is -0.383 e. The maximum absolute atomic E-state index is 11.7. The summed E-state index contributed by atoms with van der Waals surface area (Å²) in [7, 11) is -0.134. The van der Waals surface area contributed by atoms with Gasteiger partial charge in [0.05, 0.1) is 6.61 Å². The Morgan fingerprint density at radius 1 is 1.47 bits per heavy atom. The smallest absolute Gasteiger partial charge is 0.279 e. The van der Waals surface area contributed by atoms with Gasteiger partial charge in [-0.3, -0.25) is 0 Å². The van der Waals surface area contributed by atoms with E-state index in [4.69, 9.17) is 4.74 Å². The molecule has 102 valence electrons. The molecule has 0 aliphatic carbocycles. The highest BCUT2D eigenvalue weighted by atomic mass is 32.2. The van der Waals surface area contributed by atoms with Crippen LogP contribution in [0.4, 0.5) is 0 Å². The molecule has 6 nitrogen and oxygen atoms in total. The van der Waals surface area contributed by atoms with Gasteiger partial charge in [-0.15, -0.1) is 0 Å². The predicted molar refractivity (Wildman–Crippen MR) is 67.0 cm³/mol. The van der Waals surface area contributed by atoms with E-state index in [1.165, 1.54) is 11.4 Å². The first-order chi connectivity index (χ1) is 8.10. The van der Waals surface area contributed by atoms with Crippen molar-refractivity contribution in [3.8, 4) is 0 Å². The molecule has 0 spiro atoms. The number of hydrogen-bond donors (Lipinski definition) is 2. The maximum atomic E-state index is 11.7. The third-order valence-electron chi connectivity index (χ3n) is 3.00. The molecular formula is C10H23N3O3S. The van der Waals surface area contributed by atoms with Crippen LogP contribution in [0.3, 0.4) is 0 Å². The van der Waals surface area contributed by atoms with E-state index >= 15 is 0 Å². The fourth-order valence-electron chi connectivity index (χ4n) is 2.02. The number of piperidine rings is 1. The minimum absolute atomic E-state index is 0.392. The van der Waals surface area contributed by atoms with E-state index in [1.807, 2.05) is 0 Å². The Morgan fingerprint density at radius 3 is 2.88 bits per heavy atom. The Hall–Kier alpha value is -0.210. The number of rotatable bonds is 7. The van der Waals surface area contributed by atoms with Crippen LogP contribution in [0.15, 0.2) is 0 Å². The average molecular weight is 265 g/mol. The normalized spacial score (nSPS) is 22.8. The lowest BCUT2D eigenvalue weighted by Crippen LogP contribution is -2.46. The molecule has 1 aliphatic heterocycles. The molecule has 1 heterocycles. The second kappa shape index (κ2) is 7.27. The highest BCUT2D eigenvalue weighted by Crippen LogP contribution is 2.17. The number of hydrogen-bond acceptors (Lipinski definition) is 4. The van der Waals surface area contributed by atoms with Gasteiger partial charge >= 0.3 is 0 Å². The summed E-state index contributed by atoms with van der Waals surface area (Å²) in [5.41, 5.74) is 0. The molecule has 0 aromatic rings. The maximum Gasteiger partial charge on any atom is 0.279 e. The Balaban J connectivity index is 2.34. The topological polar surface area (TPSA) is 70.7 Å². The van der Waals surface area contributed by atoms with Gasteiger partial charge in [0.1, 0.15) is 0 Å². The minimum atomic E-state index is -3.26. The standard InChI is InChI=1S/C10H23N3O3S/c1-11-17(14,15)13-6-3-4-10(9-13)8-12-5-7-16-2/h10-12H,3-9H2,1-2H3. The van der Waals surface area contributed by atoms with Crippen LogP contribution in [0.2, 0.25) is 0 Å². The van der Waals surface area contributed by atoms with Gasteiger partial charge in [-0.05, 0) is 25.3 Å². The zero-order chi connectivity index (χ0) is 12.7. The lowest BCUT2D eigenvalue weighted by Gasteiger charge is -2.31. The highest BCUT2D eigenvalue weighted by molar-refractivity contribution is 7.87. The van der Waals surface area contributed by atoms with Gasteiger partial charge in [-0.2, -0.15) is 12.7 Å². The van der Waals surface area contributed by atoms with Crippen molar-refractivity contribution >= 4 is 10.2 Å².